The van der Waals surface area contributed by atoms with E-state index in [1.54, 1.807) is 22.5 Å². The predicted octanol–water partition coefficient (Wildman–Crippen LogP) is 2.76. The van der Waals surface area contributed by atoms with Gasteiger partial charge in [0.05, 0.1) is 28.7 Å². The lowest BCUT2D eigenvalue weighted by molar-refractivity contribution is 0.531. The van der Waals surface area contributed by atoms with Gasteiger partial charge in [-0.25, -0.2) is 4.98 Å². The molecule has 0 aliphatic rings. The number of fused-ring (bicyclic) bond motifs is 1. The van der Waals surface area contributed by atoms with Crippen molar-refractivity contribution in [1.82, 2.24) is 24.1 Å². The van der Waals surface area contributed by atoms with Gasteiger partial charge >= 0.3 is 0 Å². The lowest BCUT2D eigenvalue weighted by Crippen LogP contribution is -2.40. The molecule has 0 bridgehead atoms. The average Bonchev–Trinajstić information content (AvgIpc) is 3.03. The Balaban J connectivity index is 2.20. The van der Waals surface area contributed by atoms with Crippen LogP contribution in [0, 0.1) is 6.92 Å². The van der Waals surface area contributed by atoms with Crippen LogP contribution in [0.4, 0.5) is 0 Å². The third-order valence-corrected chi connectivity index (χ3v) is 6.30. The van der Waals surface area contributed by atoms with Crippen LogP contribution in [0.2, 0.25) is 0 Å². The van der Waals surface area contributed by atoms with Gasteiger partial charge in [-0.15, -0.1) is 4.72 Å². The summed E-state index contributed by atoms with van der Waals surface area (Å²) in [6.45, 7) is 9.66. The van der Waals surface area contributed by atoms with E-state index in [1.165, 1.54) is 0 Å². The summed E-state index contributed by atoms with van der Waals surface area (Å²) < 4.78 is 18.6. The molecule has 3 rings (SSSR count). The van der Waals surface area contributed by atoms with E-state index in [4.69, 9.17) is 4.98 Å². The van der Waals surface area contributed by atoms with Crippen LogP contribution in [-0.2, 0) is 25.5 Å². The minimum atomic E-state index is -1.24. The predicted molar refractivity (Wildman–Crippen MR) is 113 cm³/mol. The van der Waals surface area contributed by atoms with E-state index in [9.17, 15) is 9.35 Å². The summed E-state index contributed by atoms with van der Waals surface area (Å²) in [4.78, 5) is 17.9. The third kappa shape index (κ3) is 3.85. The van der Waals surface area contributed by atoms with Crippen LogP contribution in [0.1, 0.15) is 44.9 Å². The molecule has 7 nitrogen and oxygen atoms in total. The van der Waals surface area contributed by atoms with Gasteiger partial charge in [0.25, 0.3) is 5.56 Å². The van der Waals surface area contributed by atoms with E-state index < -0.39 is 16.1 Å². The Morgan fingerprint density at radius 2 is 1.93 bits per heavy atom. The standard InChI is InChI=1S/C20H27N5O2S/c1-12-8-15(13(2)23-28(27)20(3,4)5)17-16(9-12)19(26)25(7)18(22-17)14-10-21-24(6)11-14/h8-11,13,23H,1-7H3/t13-,28?/m1/s1. The van der Waals surface area contributed by atoms with E-state index in [1.807, 2.05) is 60.0 Å². The van der Waals surface area contributed by atoms with Gasteiger partial charge in [0, 0.05) is 37.2 Å². The average molecular weight is 402 g/mol. The molecule has 1 N–H and O–H groups in total. The fourth-order valence-electron chi connectivity index (χ4n) is 3.08. The summed E-state index contributed by atoms with van der Waals surface area (Å²) in [5.74, 6) is 0.555. The van der Waals surface area contributed by atoms with E-state index in [0.717, 1.165) is 16.7 Å². The summed E-state index contributed by atoms with van der Waals surface area (Å²) >= 11 is -1.24. The van der Waals surface area contributed by atoms with Crippen LogP contribution in [-0.4, -0.2) is 28.6 Å². The van der Waals surface area contributed by atoms with Crippen molar-refractivity contribution in [1.29, 1.82) is 0 Å². The van der Waals surface area contributed by atoms with Crippen molar-refractivity contribution in [3.63, 3.8) is 0 Å². The van der Waals surface area contributed by atoms with Gasteiger partial charge in [0.15, 0.2) is 0 Å². The second-order valence-electron chi connectivity index (χ2n) is 8.17. The molecule has 0 aliphatic heterocycles. The molecule has 0 fully saturated rings. The molecule has 1 aromatic carbocycles. The molecular weight excluding hydrogens is 374 g/mol. The molecule has 0 amide bonds. The Morgan fingerprint density at radius 1 is 1.25 bits per heavy atom. The molecule has 0 saturated carbocycles. The first-order valence-electron chi connectivity index (χ1n) is 9.17. The Bertz CT molecular complexity index is 1080. The summed E-state index contributed by atoms with van der Waals surface area (Å²) in [6.07, 6.45) is 3.52. The van der Waals surface area contributed by atoms with Crippen LogP contribution in [0.3, 0.4) is 0 Å². The molecular formula is C20H27N5O2S. The van der Waals surface area contributed by atoms with E-state index in [2.05, 4.69) is 9.82 Å². The topological polar surface area (TPSA) is 87.8 Å². The van der Waals surface area contributed by atoms with Crippen LogP contribution < -0.4 is 10.3 Å². The van der Waals surface area contributed by atoms with Crippen molar-refractivity contribution < 1.29 is 4.55 Å². The molecule has 0 saturated heterocycles. The summed E-state index contributed by atoms with van der Waals surface area (Å²) in [7, 11) is 3.54. The summed E-state index contributed by atoms with van der Waals surface area (Å²) in [6, 6.07) is 3.62. The lowest BCUT2D eigenvalue weighted by Gasteiger charge is -2.27. The maximum atomic E-state index is 13.1. The zero-order chi connectivity index (χ0) is 20.8. The molecule has 0 spiro atoms. The van der Waals surface area contributed by atoms with Crippen LogP contribution in [0.5, 0.6) is 0 Å². The van der Waals surface area contributed by atoms with Crippen molar-refractivity contribution in [2.24, 2.45) is 14.1 Å². The number of aromatic nitrogens is 4. The van der Waals surface area contributed by atoms with Gasteiger partial charge in [0.2, 0.25) is 0 Å². The van der Waals surface area contributed by atoms with E-state index in [0.29, 0.717) is 16.7 Å². The smallest absolute Gasteiger partial charge is 0.261 e. The molecule has 0 aliphatic carbocycles. The summed E-state index contributed by atoms with van der Waals surface area (Å²) in [5.41, 5.74) is 3.10. The first-order chi connectivity index (χ1) is 13.0. The Morgan fingerprint density at radius 3 is 2.50 bits per heavy atom. The lowest BCUT2D eigenvalue weighted by atomic mass is 10.0. The number of nitrogens with zero attached hydrogens (tertiary/aromatic N) is 4. The maximum absolute atomic E-state index is 13.1. The molecule has 3 aromatic rings. The number of rotatable bonds is 4. The largest absolute Gasteiger partial charge is 0.598 e. The Hall–Kier alpha value is -2.16. The van der Waals surface area contributed by atoms with Crippen molar-refractivity contribution in [2.45, 2.75) is 45.4 Å². The number of aryl methyl sites for hydroxylation is 2. The minimum Gasteiger partial charge on any atom is -0.598 e. The van der Waals surface area contributed by atoms with Crippen LogP contribution >= 0.6 is 0 Å². The monoisotopic (exact) mass is 401 g/mol. The fraction of sp³-hybridized carbons (Fsp3) is 0.450. The highest BCUT2D eigenvalue weighted by Gasteiger charge is 2.29. The van der Waals surface area contributed by atoms with E-state index in [-0.39, 0.29) is 11.6 Å². The Kier molecular flexibility index (Phi) is 5.40. The number of benzene rings is 1. The minimum absolute atomic E-state index is 0.113. The van der Waals surface area contributed by atoms with Gasteiger partial charge < -0.3 is 4.55 Å². The summed E-state index contributed by atoms with van der Waals surface area (Å²) in [5, 5.41) is 4.75. The van der Waals surface area contributed by atoms with Crippen LogP contribution in [0.15, 0.2) is 29.3 Å². The van der Waals surface area contributed by atoms with Crippen molar-refractivity contribution >= 4 is 22.3 Å². The second kappa shape index (κ2) is 7.35. The van der Waals surface area contributed by atoms with Crippen LogP contribution in [0.25, 0.3) is 22.3 Å². The number of hydrogen-bond donors (Lipinski definition) is 1. The quantitative estimate of drug-likeness (QED) is 0.679. The first-order valence-corrected chi connectivity index (χ1v) is 10.3. The maximum Gasteiger partial charge on any atom is 0.261 e. The number of nitrogens with one attached hydrogen (secondary N) is 1. The molecule has 150 valence electrons. The molecule has 1 unspecified atom stereocenters. The Labute approximate surface area is 168 Å². The highest BCUT2D eigenvalue weighted by Crippen LogP contribution is 2.27. The van der Waals surface area contributed by atoms with Crippen molar-refractivity contribution in [2.75, 3.05) is 0 Å². The third-order valence-electron chi connectivity index (χ3n) is 4.62. The first kappa shape index (κ1) is 20.6. The molecule has 2 atom stereocenters. The molecule has 8 heteroatoms. The number of hydrogen-bond acceptors (Lipinski definition) is 5. The zero-order valence-electron chi connectivity index (χ0n) is 17.4. The van der Waals surface area contributed by atoms with Gasteiger partial charge in [-0.1, -0.05) is 6.07 Å². The van der Waals surface area contributed by atoms with Gasteiger partial charge in [-0.05, 0) is 46.2 Å². The normalized spacial score (nSPS) is 14.4. The molecule has 2 heterocycles. The fourth-order valence-corrected chi connectivity index (χ4v) is 3.88. The highest BCUT2D eigenvalue weighted by atomic mass is 32.2. The SMILES string of the molecule is Cc1cc([C@@H](C)N[S+]([O-])C(C)(C)C)c2nc(-c3cnn(C)c3)n(C)c(=O)c2c1. The molecule has 2 aromatic heterocycles. The van der Waals surface area contributed by atoms with E-state index >= 15 is 0 Å². The highest BCUT2D eigenvalue weighted by molar-refractivity contribution is 7.90. The van der Waals surface area contributed by atoms with Crippen molar-refractivity contribution in [3.8, 4) is 11.4 Å². The van der Waals surface area contributed by atoms with Gasteiger partial charge in [-0.2, -0.15) is 5.10 Å². The molecule has 0 radical (unpaired) electrons. The second-order valence-corrected chi connectivity index (χ2v) is 10.2. The molecule has 28 heavy (non-hydrogen) atoms. The van der Waals surface area contributed by atoms with Crippen molar-refractivity contribution in [3.05, 3.63) is 46.0 Å². The zero-order valence-corrected chi connectivity index (χ0v) is 18.2. The van der Waals surface area contributed by atoms with Gasteiger partial charge in [0.1, 0.15) is 10.6 Å². The van der Waals surface area contributed by atoms with Gasteiger partial charge in [-0.3, -0.25) is 14.0 Å².